The summed E-state index contributed by atoms with van der Waals surface area (Å²) in [5.41, 5.74) is 7.63. The zero-order valence-electron chi connectivity index (χ0n) is 18.7. The molecule has 0 bridgehead atoms. The first kappa shape index (κ1) is 19.6. The molecule has 3 aromatic heterocycles. The highest BCUT2D eigenvalue weighted by molar-refractivity contribution is 6.23. The Morgan fingerprint density at radius 1 is 0.818 bits per heavy atom. The molecule has 33 heavy (non-hydrogen) atoms. The average molecular weight is 434 g/mol. The van der Waals surface area contributed by atoms with Gasteiger partial charge in [0, 0.05) is 28.6 Å². The summed E-state index contributed by atoms with van der Waals surface area (Å²) >= 11 is 0. The van der Waals surface area contributed by atoms with Crippen LogP contribution in [0.4, 0.5) is 4.39 Å². The van der Waals surface area contributed by atoms with Crippen LogP contribution in [-0.2, 0) is 7.05 Å². The molecule has 0 radical (unpaired) electrons. The van der Waals surface area contributed by atoms with Crippen molar-refractivity contribution in [2.24, 2.45) is 7.05 Å². The molecule has 0 aliphatic rings. The van der Waals surface area contributed by atoms with Gasteiger partial charge in [0.25, 0.3) is 0 Å². The van der Waals surface area contributed by atoms with Crippen LogP contribution in [0, 0.1) is 19.7 Å². The smallest absolute Gasteiger partial charge is 0.227 e. The van der Waals surface area contributed by atoms with E-state index in [1.54, 1.807) is 0 Å². The Kier molecular flexibility index (Phi) is 4.31. The molecule has 160 valence electrons. The highest BCUT2D eigenvalue weighted by Gasteiger charge is 2.24. The molecular formula is C29H22FN2O+. The number of nitrogens with zero attached hydrogens (tertiary/aromatic N) is 2. The van der Waals surface area contributed by atoms with Crippen LogP contribution in [0.3, 0.4) is 0 Å². The van der Waals surface area contributed by atoms with Crippen molar-refractivity contribution >= 4 is 32.8 Å². The topological polar surface area (TPSA) is 29.9 Å². The maximum absolute atomic E-state index is 13.5. The number of hydrogen-bond donors (Lipinski definition) is 0. The van der Waals surface area contributed by atoms with Crippen LogP contribution in [0.1, 0.15) is 11.3 Å². The van der Waals surface area contributed by atoms with Gasteiger partial charge in [0.05, 0.1) is 5.56 Å². The summed E-state index contributed by atoms with van der Waals surface area (Å²) in [6.45, 7) is 4.12. The molecular weight excluding hydrogens is 411 g/mol. The molecule has 0 saturated heterocycles. The second-order valence-electron chi connectivity index (χ2n) is 8.58. The van der Waals surface area contributed by atoms with Crippen molar-refractivity contribution in [2.75, 3.05) is 0 Å². The minimum atomic E-state index is -0.238. The van der Waals surface area contributed by atoms with Gasteiger partial charge >= 0.3 is 0 Å². The molecule has 0 N–H and O–H groups in total. The van der Waals surface area contributed by atoms with Gasteiger partial charge in [-0.05, 0) is 65.6 Å². The highest BCUT2D eigenvalue weighted by Crippen LogP contribution is 2.42. The minimum absolute atomic E-state index is 0.238. The molecule has 0 amide bonds. The number of benzene rings is 3. The molecule has 6 aromatic rings. The molecule has 4 heteroatoms. The van der Waals surface area contributed by atoms with E-state index in [2.05, 4.69) is 52.9 Å². The third kappa shape index (κ3) is 3.02. The molecule has 0 saturated carbocycles. The van der Waals surface area contributed by atoms with E-state index in [4.69, 9.17) is 4.42 Å². The van der Waals surface area contributed by atoms with E-state index in [1.165, 1.54) is 17.5 Å². The molecule has 0 fully saturated rings. The number of hydrogen-bond acceptors (Lipinski definition) is 2. The zero-order chi connectivity index (χ0) is 22.7. The van der Waals surface area contributed by atoms with Gasteiger partial charge in [-0.15, -0.1) is 0 Å². The largest absolute Gasteiger partial charge is 0.437 e. The first-order chi connectivity index (χ1) is 16.0. The molecule has 0 atom stereocenters. The van der Waals surface area contributed by atoms with Gasteiger partial charge in [-0.25, -0.2) is 13.9 Å². The van der Waals surface area contributed by atoms with E-state index in [0.717, 1.165) is 55.4 Å². The fourth-order valence-corrected chi connectivity index (χ4v) is 4.80. The van der Waals surface area contributed by atoms with Gasteiger partial charge in [-0.3, -0.25) is 0 Å². The van der Waals surface area contributed by atoms with Crippen LogP contribution in [0.5, 0.6) is 0 Å². The Bertz CT molecular complexity index is 1700. The summed E-state index contributed by atoms with van der Waals surface area (Å²) in [4.78, 5) is 4.67. The number of halogens is 1. The molecule has 6 rings (SSSR count). The fraction of sp³-hybridized carbons (Fsp3) is 0.103. The minimum Gasteiger partial charge on any atom is -0.437 e. The number of aryl methyl sites for hydroxylation is 3. The molecule has 3 aromatic carbocycles. The Morgan fingerprint density at radius 3 is 2.36 bits per heavy atom. The predicted molar refractivity (Wildman–Crippen MR) is 131 cm³/mol. The summed E-state index contributed by atoms with van der Waals surface area (Å²) < 4.78 is 22.1. The van der Waals surface area contributed by atoms with Gasteiger partial charge in [-0.1, -0.05) is 36.4 Å². The van der Waals surface area contributed by atoms with E-state index in [0.29, 0.717) is 5.71 Å². The summed E-state index contributed by atoms with van der Waals surface area (Å²) in [7, 11) is 2.04. The number of fused-ring (bicyclic) bond motifs is 5. The summed E-state index contributed by atoms with van der Waals surface area (Å²) in [6, 6.07) is 23.4. The van der Waals surface area contributed by atoms with Crippen molar-refractivity contribution in [3.63, 3.8) is 0 Å². The Morgan fingerprint density at radius 2 is 1.58 bits per heavy atom. The van der Waals surface area contributed by atoms with Crippen molar-refractivity contribution in [1.29, 1.82) is 0 Å². The number of rotatable bonds is 2. The van der Waals surface area contributed by atoms with Crippen LogP contribution in [0.2, 0.25) is 0 Å². The first-order valence-electron chi connectivity index (χ1n) is 11.0. The van der Waals surface area contributed by atoms with Gasteiger partial charge < -0.3 is 4.42 Å². The highest BCUT2D eigenvalue weighted by atomic mass is 19.1. The lowest BCUT2D eigenvalue weighted by atomic mass is 9.92. The van der Waals surface area contributed by atoms with Crippen LogP contribution < -0.4 is 4.57 Å². The third-order valence-corrected chi connectivity index (χ3v) is 6.48. The predicted octanol–water partition coefficient (Wildman–Crippen LogP) is 7.05. The summed E-state index contributed by atoms with van der Waals surface area (Å²) in [6.07, 6.45) is 2.04. The van der Waals surface area contributed by atoms with Gasteiger partial charge in [0.2, 0.25) is 11.4 Å². The lowest BCUT2D eigenvalue weighted by Crippen LogP contribution is -2.30. The average Bonchev–Trinajstić information content (AvgIpc) is 3.19. The van der Waals surface area contributed by atoms with Crippen LogP contribution in [-0.4, -0.2) is 4.98 Å². The number of aromatic nitrogens is 2. The van der Waals surface area contributed by atoms with Crippen LogP contribution in [0.15, 0.2) is 83.4 Å². The van der Waals surface area contributed by atoms with E-state index < -0.39 is 0 Å². The fourth-order valence-electron chi connectivity index (χ4n) is 4.80. The Balaban J connectivity index is 1.74. The van der Waals surface area contributed by atoms with Gasteiger partial charge in [0.15, 0.2) is 11.8 Å². The summed E-state index contributed by atoms with van der Waals surface area (Å²) in [5, 5.41) is 4.46. The monoisotopic (exact) mass is 433 g/mol. The van der Waals surface area contributed by atoms with Crippen LogP contribution >= 0.6 is 0 Å². The Hall–Kier alpha value is -4.05. The van der Waals surface area contributed by atoms with Crippen molar-refractivity contribution in [2.45, 2.75) is 13.8 Å². The zero-order valence-corrected chi connectivity index (χ0v) is 18.7. The molecule has 3 nitrogen and oxygen atoms in total. The van der Waals surface area contributed by atoms with Gasteiger partial charge in [0.1, 0.15) is 12.9 Å². The SMILES string of the molecule is Cc1ccc2c(n1)oc1c(-c3cc(-c4ccc(F)cc4)cc[n+]3C)c(C)c3ccccc3c12. The lowest BCUT2D eigenvalue weighted by Gasteiger charge is -2.11. The molecule has 0 spiro atoms. The maximum atomic E-state index is 13.5. The number of pyridine rings is 2. The van der Waals surface area contributed by atoms with Crippen molar-refractivity contribution in [3.05, 3.63) is 96.1 Å². The second kappa shape index (κ2) is 7.24. The number of furan rings is 1. The molecule has 0 unspecified atom stereocenters. The standard InChI is InChI=1S/C29H22FN2O/c1-17-8-13-24-27-23-7-5-4-6-22(23)18(2)26(28(27)33-29(24)31-17)25-16-20(14-15-32(25)3)19-9-11-21(30)12-10-19/h4-16H,1-3H3/q+1. The van der Waals surface area contributed by atoms with E-state index in [-0.39, 0.29) is 5.82 Å². The van der Waals surface area contributed by atoms with Crippen molar-refractivity contribution < 1.29 is 13.4 Å². The quantitative estimate of drug-likeness (QED) is 0.274. The van der Waals surface area contributed by atoms with Crippen molar-refractivity contribution in [3.8, 4) is 22.4 Å². The van der Waals surface area contributed by atoms with Gasteiger partial charge in [-0.2, -0.15) is 0 Å². The van der Waals surface area contributed by atoms with E-state index >= 15 is 0 Å². The van der Waals surface area contributed by atoms with Crippen molar-refractivity contribution in [1.82, 2.24) is 4.98 Å². The second-order valence-corrected chi connectivity index (χ2v) is 8.58. The summed E-state index contributed by atoms with van der Waals surface area (Å²) in [5.74, 6) is -0.238. The van der Waals surface area contributed by atoms with E-state index in [1.807, 2.05) is 44.4 Å². The third-order valence-electron chi connectivity index (χ3n) is 6.48. The molecule has 0 aliphatic heterocycles. The van der Waals surface area contributed by atoms with Crippen LogP contribution in [0.25, 0.3) is 55.2 Å². The first-order valence-corrected chi connectivity index (χ1v) is 11.0. The maximum Gasteiger partial charge on any atom is 0.227 e. The molecule has 3 heterocycles. The van der Waals surface area contributed by atoms with E-state index in [9.17, 15) is 4.39 Å². The normalized spacial score (nSPS) is 11.6. The Labute approximate surface area is 190 Å². The molecule has 0 aliphatic carbocycles. The lowest BCUT2D eigenvalue weighted by molar-refractivity contribution is -0.660.